The highest BCUT2D eigenvalue weighted by molar-refractivity contribution is 6.04. The minimum atomic E-state index is -1.75. The molecule has 2 rings (SSSR count). The van der Waals surface area contributed by atoms with Gasteiger partial charge in [0.15, 0.2) is 0 Å². The van der Waals surface area contributed by atoms with E-state index in [-0.39, 0.29) is 24.8 Å². The topological polar surface area (TPSA) is 163 Å². The molecule has 0 aliphatic heterocycles. The summed E-state index contributed by atoms with van der Waals surface area (Å²) in [5, 5.41) is 50.4. The third-order valence-electron chi connectivity index (χ3n) is 4.70. The van der Waals surface area contributed by atoms with Crippen LogP contribution in [0.1, 0.15) is 15.9 Å². The third-order valence-corrected chi connectivity index (χ3v) is 4.70. The van der Waals surface area contributed by atoms with Gasteiger partial charge in [-0.25, -0.2) is 0 Å². The summed E-state index contributed by atoms with van der Waals surface area (Å²) in [6, 6.07) is 9.96. The van der Waals surface area contributed by atoms with Crippen LogP contribution < -0.4 is 5.32 Å². The minimum Gasteiger partial charge on any atom is -0.394 e. The number of rotatable bonds is 10. The van der Waals surface area contributed by atoms with Crippen LogP contribution in [0.25, 0.3) is 0 Å². The Balaban J connectivity index is 1.88. The van der Waals surface area contributed by atoms with E-state index < -0.39 is 31.0 Å². The number of carbonyl (C=O) groups is 2. The number of likely N-dealkylation sites (N-methyl/N-ethyl adjacent to an activating group) is 1. The van der Waals surface area contributed by atoms with Crippen molar-refractivity contribution in [1.82, 2.24) is 9.88 Å². The maximum Gasteiger partial charge on any atom is 0.257 e. The zero-order valence-corrected chi connectivity index (χ0v) is 17.0. The summed E-state index contributed by atoms with van der Waals surface area (Å²) in [5.41, 5.74) is 1.64. The molecule has 0 bridgehead atoms. The fourth-order valence-corrected chi connectivity index (χ4v) is 2.77. The van der Waals surface area contributed by atoms with Crippen molar-refractivity contribution in [3.63, 3.8) is 0 Å². The van der Waals surface area contributed by atoms with Gasteiger partial charge in [0.05, 0.1) is 18.6 Å². The second-order valence-corrected chi connectivity index (χ2v) is 7.14. The quantitative estimate of drug-likeness (QED) is 0.271. The molecule has 1 aromatic heterocycles. The van der Waals surface area contributed by atoms with Crippen molar-refractivity contribution >= 4 is 17.5 Å². The first kappa shape index (κ1) is 24.4. The molecular weight excluding hydrogens is 406 g/mol. The van der Waals surface area contributed by atoms with Gasteiger partial charge in [0.1, 0.15) is 24.4 Å². The second-order valence-electron chi connectivity index (χ2n) is 7.14. The SMILES string of the molecule is CN(C[C@H](O)[C@@H](O)[C@H](O)[C@H](O)CO)C(=O)Cc1ccc(NC(=O)c2cccnc2)cc1. The van der Waals surface area contributed by atoms with Gasteiger partial charge in [-0.1, -0.05) is 12.1 Å². The first-order valence-electron chi connectivity index (χ1n) is 9.60. The van der Waals surface area contributed by atoms with E-state index in [2.05, 4.69) is 10.3 Å². The molecule has 0 spiro atoms. The Morgan fingerprint density at radius 3 is 2.26 bits per heavy atom. The van der Waals surface area contributed by atoms with E-state index in [1.54, 1.807) is 42.6 Å². The number of pyridine rings is 1. The molecule has 0 unspecified atom stereocenters. The molecule has 10 nitrogen and oxygen atoms in total. The number of aromatic nitrogens is 1. The predicted octanol–water partition coefficient (Wildman–Crippen LogP) is -1.23. The van der Waals surface area contributed by atoms with Gasteiger partial charge in [-0.2, -0.15) is 0 Å². The van der Waals surface area contributed by atoms with E-state index in [0.29, 0.717) is 16.8 Å². The van der Waals surface area contributed by atoms with Crippen molar-refractivity contribution in [1.29, 1.82) is 0 Å². The molecule has 0 aliphatic carbocycles. The van der Waals surface area contributed by atoms with Crippen molar-refractivity contribution < 1.29 is 35.1 Å². The Morgan fingerprint density at radius 1 is 1.03 bits per heavy atom. The summed E-state index contributed by atoms with van der Waals surface area (Å²) in [6.45, 7) is -1.06. The van der Waals surface area contributed by atoms with E-state index in [0.717, 1.165) is 0 Å². The van der Waals surface area contributed by atoms with Gasteiger partial charge >= 0.3 is 0 Å². The first-order chi connectivity index (χ1) is 14.7. The highest BCUT2D eigenvalue weighted by Gasteiger charge is 2.31. The van der Waals surface area contributed by atoms with E-state index in [4.69, 9.17) is 5.11 Å². The maximum absolute atomic E-state index is 12.4. The summed E-state index contributed by atoms with van der Waals surface area (Å²) in [6.07, 6.45) is -3.58. The number of nitrogens with one attached hydrogen (secondary N) is 1. The molecule has 2 amide bonds. The second kappa shape index (κ2) is 11.5. The molecule has 2 aromatic rings. The number of nitrogens with zero attached hydrogens (tertiary/aromatic N) is 2. The molecule has 1 heterocycles. The van der Waals surface area contributed by atoms with Crippen LogP contribution in [-0.4, -0.2) is 91.8 Å². The van der Waals surface area contributed by atoms with E-state index in [1.165, 1.54) is 18.1 Å². The van der Waals surface area contributed by atoms with Crippen molar-refractivity contribution in [3.8, 4) is 0 Å². The molecule has 0 fully saturated rings. The monoisotopic (exact) mass is 433 g/mol. The van der Waals surface area contributed by atoms with Gasteiger partial charge in [-0.3, -0.25) is 14.6 Å². The number of aliphatic hydroxyl groups is 5. The van der Waals surface area contributed by atoms with Crippen molar-refractivity contribution in [2.75, 3.05) is 25.5 Å². The van der Waals surface area contributed by atoms with E-state index in [9.17, 15) is 30.0 Å². The maximum atomic E-state index is 12.4. The lowest BCUT2D eigenvalue weighted by Gasteiger charge is -2.28. The highest BCUT2D eigenvalue weighted by atomic mass is 16.4. The molecule has 168 valence electrons. The van der Waals surface area contributed by atoms with Gasteiger partial charge in [0.2, 0.25) is 5.91 Å². The number of amides is 2. The molecule has 0 aliphatic rings. The number of benzene rings is 1. The van der Waals surface area contributed by atoms with Gasteiger partial charge in [0.25, 0.3) is 5.91 Å². The number of hydrogen-bond acceptors (Lipinski definition) is 8. The smallest absolute Gasteiger partial charge is 0.257 e. The molecule has 0 radical (unpaired) electrons. The van der Waals surface area contributed by atoms with E-state index >= 15 is 0 Å². The normalized spacial score (nSPS) is 14.9. The van der Waals surface area contributed by atoms with Crippen LogP contribution in [0.2, 0.25) is 0 Å². The van der Waals surface area contributed by atoms with Gasteiger partial charge in [-0.15, -0.1) is 0 Å². The van der Waals surface area contributed by atoms with Gasteiger partial charge in [-0.05, 0) is 29.8 Å². The molecule has 4 atom stereocenters. The first-order valence-corrected chi connectivity index (χ1v) is 9.60. The zero-order valence-electron chi connectivity index (χ0n) is 17.0. The molecule has 6 N–H and O–H groups in total. The Bertz CT molecular complexity index is 848. The summed E-state index contributed by atoms with van der Waals surface area (Å²) >= 11 is 0. The molecule has 0 saturated heterocycles. The van der Waals surface area contributed by atoms with Crippen LogP contribution >= 0.6 is 0 Å². The largest absolute Gasteiger partial charge is 0.394 e. The number of hydrogen-bond donors (Lipinski definition) is 6. The van der Waals surface area contributed by atoms with Crippen molar-refractivity contribution in [3.05, 3.63) is 59.9 Å². The zero-order chi connectivity index (χ0) is 23.0. The average molecular weight is 433 g/mol. The fraction of sp³-hybridized carbons (Fsp3) is 0.381. The van der Waals surface area contributed by atoms with Crippen LogP contribution in [0.4, 0.5) is 5.69 Å². The Labute approximate surface area is 179 Å². The van der Waals surface area contributed by atoms with Crippen molar-refractivity contribution in [2.45, 2.75) is 30.8 Å². The lowest BCUT2D eigenvalue weighted by molar-refractivity contribution is -0.137. The summed E-state index contributed by atoms with van der Waals surface area (Å²) in [4.78, 5) is 29.6. The fourth-order valence-electron chi connectivity index (χ4n) is 2.77. The Hall–Kier alpha value is -2.89. The standard InChI is InChI=1S/C21H27N3O7/c1-24(11-16(26)19(29)20(30)17(27)12-25)18(28)9-13-4-6-15(7-5-13)23-21(31)14-3-2-8-22-10-14/h2-8,10,16-17,19-20,25-27,29-30H,9,11-12H2,1H3,(H,23,31)/t16-,17+,19+,20+/m0/s1. The number of aliphatic hydroxyl groups excluding tert-OH is 5. The van der Waals surface area contributed by atoms with Crippen molar-refractivity contribution in [2.24, 2.45) is 0 Å². The minimum absolute atomic E-state index is 0.0119. The molecular formula is C21H27N3O7. The molecule has 10 heteroatoms. The van der Waals surface area contributed by atoms with Crippen LogP contribution in [0.3, 0.4) is 0 Å². The lowest BCUT2D eigenvalue weighted by atomic mass is 10.0. The van der Waals surface area contributed by atoms with Crippen LogP contribution in [-0.2, 0) is 11.2 Å². The van der Waals surface area contributed by atoms with Gasteiger partial charge in [0, 0.05) is 31.7 Å². The predicted molar refractivity (Wildman–Crippen MR) is 111 cm³/mol. The summed E-state index contributed by atoms with van der Waals surface area (Å²) < 4.78 is 0. The summed E-state index contributed by atoms with van der Waals surface area (Å²) in [5.74, 6) is -0.659. The summed E-state index contributed by atoms with van der Waals surface area (Å²) in [7, 11) is 1.43. The van der Waals surface area contributed by atoms with Crippen LogP contribution in [0.5, 0.6) is 0 Å². The lowest BCUT2D eigenvalue weighted by Crippen LogP contribution is -2.50. The Morgan fingerprint density at radius 2 is 1.68 bits per heavy atom. The van der Waals surface area contributed by atoms with Crippen LogP contribution in [0.15, 0.2) is 48.8 Å². The van der Waals surface area contributed by atoms with E-state index in [1.807, 2.05) is 0 Å². The average Bonchev–Trinajstić information content (AvgIpc) is 2.79. The third kappa shape index (κ3) is 7.09. The highest BCUT2D eigenvalue weighted by Crippen LogP contribution is 2.13. The Kier molecular flexibility index (Phi) is 9.03. The molecule has 31 heavy (non-hydrogen) atoms. The number of anilines is 1. The number of carbonyl (C=O) groups excluding carboxylic acids is 2. The molecule has 1 aromatic carbocycles. The van der Waals surface area contributed by atoms with Crippen LogP contribution in [0, 0.1) is 0 Å². The molecule has 0 saturated carbocycles. The van der Waals surface area contributed by atoms with Gasteiger partial charge < -0.3 is 35.7 Å².